The SMILES string of the molecule is CC1=C2CC3C(CCC4=CC(O)CCC43C)C2CCC2(C1)OC1CC(C)CN(O)C1C2C. The van der Waals surface area contributed by atoms with Gasteiger partial charge in [0.25, 0.3) is 0 Å². The van der Waals surface area contributed by atoms with Crippen molar-refractivity contribution in [3.63, 3.8) is 0 Å². The van der Waals surface area contributed by atoms with Crippen LogP contribution in [0, 0.1) is 35.0 Å². The van der Waals surface area contributed by atoms with E-state index in [1.165, 1.54) is 25.7 Å². The molecule has 4 aliphatic carbocycles. The second-order valence-electron chi connectivity index (χ2n) is 12.8. The second-order valence-corrected chi connectivity index (χ2v) is 12.8. The highest BCUT2D eigenvalue weighted by Crippen LogP contribution is 2.64. The summed E-state index contributed by atoms with van der Waals surface area (Å²) in [5.41, 5.74) is 5.09. The third-order valence-electron chi connectivity index (χ3n) is 11.2. The number of hydrogen-bond acceptors (Lipinski definition) is 4. The fourth-order valence-corrected chi connectivity index (χ4v) is 9.49. The van der Waals surface area contributed by atoms with Gasteiger partial charge >= 0.3 is 0 Å². The molecule has 10 atom stereocenters. The van der Waals surface area contributed by atoms with Crippen molar-refractivity contribution in [1.29, 1.82) is 0 Å². The van der Waals surface area contributed by atoms with E-state index < -0.39 is 0 Å². The molecule has 178 valence electrons. The summed E-state index contributed by atoms with van der Waals surface area (Å²) in [6, 6.07) is 0.157. The number of piperidine rings is 1. The Morgan fingerprint density at radius 1 is 1.16 bits per heavy atom. The Morgan fingerprint density at radius 3 is 2.78 bits per heavy atom. The van der Waals surface area contributed by atoms with Crippen molar-refractivity contribution in [2.75, 3.05) is 6.54 Å². The normalized spacial score (nSPS) is 53.4. The molecule has 2 heterocycles. The lowest BCUT2D eigenvalue weighted by molar-refractivity contribution is -0.178. The summed E-state index contributed by atoms with van der Waals surface area (Å²) in [6.07, 6.45) is 12.5. The Morgan fingerprint density at radius 2 is 1.97 bits per heavy atom. The van der Waals surface area contributed by atoms with E-state index in [4.69, 9.17) is 4.74 Å². The monoisotopic (exact) mass is 441 g/mol. The third-order valence-corrected chi connectivity index (χ3v) is 11.2. The molecular formula is C28H43NO3. The Bertz CT molecular complexity index is 850. The van der Waals surface area contributed by atoms with Crippen LogP contribution < -0.4 is 0 Å². The predicted octanol–water partition coefficient (Wildman–Crippen LogP) is 5.49. The van der Waals surface area contributed by atoms with E-state index in [1.807, 2.05) is 0 Å². The molecule has 4 heteroatoms. The molecule has 4 nitrogen and oxygen atoms in total. The number of nitrogens with zero attached hydrogens (tertiary/aromatic N) is 1. The zero-order valence-corrected chi connectivity index (χ0v) is 20.5. The number of rotatable bonds is 0. The summed E-state index contributed by atoms with van der Waals surface area (Å²) in [4.78, 5) is 0. The van der Waals surface area contributed by atoms with Gasteiger partial charge in [-0.05, 0) is 93.8 Å². The van der Waals surface area contributed by atoms with E-state index >= 15 is 0 Å². The summed E-state index contributed by atoms with van der Waals surface area (Å²) < 4.78 is 6.94. The first-order valence-corrected chi connectivity index (χ1v) is 13.4. The number of ether oxygens (including phenoxy) is 1. The van der Waals surface area contributed by atoms with Gasteiger partial charge in [-0.25, -0.2) is 0 Å². The number of aliphatic hydroxyl groups is 1. The van der Waals surface area contributed by atoms with Gasteiger partial charge in [-0.15, -0.1) is 0 Å². The van der Waals surface area contributed by atoms with E-state index in [0.717, 1.165) is 50.5 Å². The fraction of sp³-hybridized carbons (Fsp3) is 0.857. The quantitative estimate of drug-likeness (QED) is 0.488. The Hall–Kier alpha value is -0.680. The highest BCUT2D eigenvalue weighted by atomic mass is 16.5. The molecule has 0 amide bonds. The van der Waals surface area contributed by atoms with Crippen LogP contribution in [0.4, 0.5) is 0 Å². The summed E-state index contributed by atoms with van der Waals surface area (Å²) in [5.74, 6) is 3.12. The first kappa shape index (κ1) is 21.8. The number of allylic oxidation sites excluding steroid dienone is 2. The zero-order chi connectivity index (χ0) is 22.4. The van der Waals surface area contributed by atoms with Crippen molar-refractivity contribution < 1.29 is 15.1 Å². The van der Waals surface area contributed by atoms with Crippen LogP contribution in [0.1, 0.15) is 85.5 Å². The van der Waals surface area contributed by atoms with Crippen molar-refractivity contribution in [2.45, 2.75) is 109 Å². The molecule has 0 aromatic rings. The van der Waals surface area contributed by atoms with Crippen molar-refractivity contribution in [1.82, 2.24) is 5.06 Å². The van der Waals surface area contributed by atoms with Crippen LogP contribution in [-0.4, -0.2) is 45.8 Å². The van der Waals surface area contributed by atoms with Gasteiger partial charge in [-0.1, -0.05) is 43.6 Å². The highest BCUT2D eigenvalue weighted by molar-refractivity contribution is 5.33. The lowest BCUT2D eigenvalue weighted by Gasteiger charge is -2.49. The largest absolute Gasteiger partial charge is 0.389 e. The third kappa shape index (κ3) is 3.01. The van der Waals surface area contributed by atoms with Crippen LogP contribution in [0.15, 0.2) is 22.8 Å². The molecule has 2 aliphatic heterocycles. The molecular weight excluding hydrogens is 398 g/mol. The molecule has 2 saturated carbocycles. The Balaban J connectivity index is 1.30. The Kier molecular flexibility index (Phi) is 5.05. The minimum Gasteiger partial charge on any atom is -0.389 e. The molecule has 2 N–H and O–H groups in total. The minimum atomic E-state index is -0.222. The van der Waals surface area contributed by atoms with Crippen molar-refractivity contribution >= 4 is 0 Å². The molecule has 0 aromatic heterocycles. The van der Waals surface area contributed by atoms with Gasteiger partial charge in [0.15, 0.2) is 0 Å². The first-order valence-electron chi connectivity index (χ1n) is 13.4. The summed E-state index contributed by atoms with van der Waals surface area (Å²) in [5, 5.41) is 22.6. The van der Waals surface area contributed by atoms with Crippen molar-refractivity contribution in [2.24, 2.45) is 35.0 Å². The molecule has 6 aliphatic rings. The number of hydroxylamine groups is 2. The number of fused-ring (bicyclic) bond motifs is 6. The number of aliphatic hydroxyl groups excluding tert-OH is 1. The molecule has 0 aromatic carbocycles. The highest BCUT2D eigenvalue weighted by Gasteiger charge is 2.59. The average Bonchev–Trinajstić information content (AvgIpc) is 3.19. The fourth-order valence-electron chi connectivity index (χ4n) is 9.49. The van der Waals surface area contributed by atoms with Crippen molar-refractivity contribution in [3.05, 3.63) is 22.8 Å². The maximum Gasteiger partial charge on any atom is 0.0768 e. The van der Waals surface area contributed by atoms with Crippen LogP contribution >= 0.6 is 0 Å². The number of hydrogen-bond donors (Lipinski definition) is 2. The summed E-state index contributed by atoms with van der Waals surface area (Å²) in [6.45, 7) is 10.3. The van der Waals surface area contributed by atoms with Gasteiger partial charge in [0.1, 0.15) is 0 Å². The predicted molar refractivity (Wildman–Crippen MR) is 125 cm³/mol. The average molecular weight is 442 g/mol. The van der Waals surface area contributed by atoms with Crippen LogP contribution in [0.2, 0.25) is 0 Å². The minimum absolute atomic E-state index is 0.101. The topological polar surface area (TPSA) is 52.9 Å². The van der Waals surface area contributed by atoms with Crippen LogP contribution in [0.3, 0.4) is 0 Å². The molecule has 0 bridgehead atoms. The summed E-state index contributed by atoms with van der Waals surface area (Å²) >= 11 is 0. The van der Waals surface area contributed by atoms with E-state index in [-0.39, 0.29) is 23.9 Å². The zero-order valence-electron chi connectivity index (χ0n) is 20.5. The lowest BCUT2D eigenvalue weighted by atomic mass is 9.56. The smallest absolute Gasteiger partial charge is 0.0768 e. The molecule has 10 unspecified atom stereocenters. The van der Waals surface area contributed by atoms with E-state index in [9.17, 15) is 10.3 Å². The lowest BCUT2D eigenvalue weighted by Crippen LogP contribution is -2.50. The maximum atomic E-state index is 10.8. The van der Waals surface area contributed by atoms with Crippen LogP contribution in [0.5, 0.6) is 0 Å². The summed E-state index contributed by atoms with van der Waals surface area (Å²) in [7, 11) is 0. The molecule has 2 saturated heterocycles. The molecule has 6 rings (SSSR count). The van der Waals surface area contributed by atoms with Crippen LogP contribution in [-0.2, 0) is 4.74 Å². The Labute approximate surface area is 194 Å². The van der Waals surface area contributed by atoms with E-state index in [1.54, 1.807) is 21.8 Å². The molecule has 1 spiro atoms. The van der Waals surface area contributed by atoms with Crippen LogP contribution in [0.25, 0.3) is 0 Å². The van der Waals surface area contributed by atoms with Gasteiger partial charge in [0, 0.05) is 12.5 Å². The maximum absolute atomic E-state index is 10.8. The molecule has 32 heavy (non-hydrogen) atoms. The van der Waals surface area contributed by atoms with Crippen molar-refractivity contribution in [3.8, 4) is 0 Å². The van der Waals surface area contributed by atoms with E-state index in [2.05, 4.69) is 33.8 Å². The standard InChI is InChI=1S/C28H43NO3/c1-16-11-25-26(29(31)15-16)18(3)28(32-25)10-8-21-22-6-5-19-12-20(30)7-9-27(19,4)24(22)13-23(21)17(2)14-28/h12,16,18,20-22,24-26,30-31H,5-11,13-15H2,1-4H3. The first-order chi connectivity index (χ1) is 15.2. The van der Waals surface area contributed by atoms with Gasteiger partial charge < -0.3 is 15.1 Å². The van der Waals surface area contributed by atoms with Gasteiger partial charge in [0.2, 0.25) is 0 Å². The van der Waals surface area contributed by atoms with E-state index in [0.29, 0.717) is 23.2 Å². The molecule has 0 radical (unpaired) electrons. The van der Waals surface area contributed by atoms with Gasteiger partial charge in [-0.2, -0.15) is 5.06 Å². The van der Waals surface area contributed by atoms with Gasteiger partial charge in [-0.3, -0.25) is 0 Å². The van der Waals surface area contributed by atoms with Gasteiger partial charge in [0.05, 0.1) is 23.9 Å². The second kappa shape index (κ2) is 7.41. The molecule has 4 fully saturated rings.